The standard InChI is InChI=1S/C17H18N2O2S/c20-16(17-7-4-10-22-17)13-19(12-15-8-9-21-18-15)11-14-5-2-1-3-6-14/h1-10,16,20H,11-13H2. The monoisotopic (exact) mass is 314 g/mol. The molecule has 1 unspecified atom stereocenters. The highest BCUT2D eigenvalue weighted by molar-refractivity contribution is 7.10. The van der Waals surface area contributed by atoms with Gasteiger partial charge in [-0.3, -0.25) is 4.90 Å². The van der Waals surface area contributed by atoms with E-state index < -0.39 is 6.10 Å². The van der Waals surface area contributed by atoms with Crippen molar-refractivity contribution < 1.29 is 9.63 Å². The lowest BCUT2D eigenvalue weighted by Crippen LogP contribution is -2.28. The molecule has 0 aliphatic rings. The SMILES string of the molecule is OC(CN(Cc1ccccc1)Cc1ccon1)c1cccs1. The van der Waals surface area contributed by atoms with Gasteiger partial charge >= 0.3 is 0 Å². The second-order valence-electron chi connectivity index (χ2n) is 5.18. The van der Waals surface area contributed by atoms with Gasteiger partial charge in [-0.1, -0.05) is 41.6 Å². The van der Waals surface area contributed by atoms with E-state index in [1.165, 1.54) is 5.56 Å². The molecule has 0 saturated heterocycles. The van der Waals surface area contributed by atoms with Crippen LogP contribution >= 0.6 is 11.3 Å². The van der Waals surface area contributed by atoms with Gasteiger partial charge in [0.1, 0.15) is 12.4 Å². The third kappa shape index (κ3) is 4.04. The molecule has 22 heavy (non-hydrogen) atoms. The summed E-state index contributed by atoms with van der Waals surface area (Å²) in [6.45, 7) is 1.96. The number of rotatable bonds is 7. The maximum atomic E-state index is 10.4. The van der Waals surface area contributed by atoms with Gasteiger partial charge in [0.05, 0.1) is 5.69 Å². The van der Waals surface area contributed by atoms with Crippen molar-refractivity contribution in [2.45, 2.75) is 19.2 Å². The molecule has 0 bridgehead atoms. The molecule has 1 atom stereocenters. The van der Waals surface area contributed by atoms with Crippen LogP contribution in [0, 0.1) is 0 Å². The van der Waals surface area contributed by atoms with Crippen molar-refractivity contribution in [3.63, 3.8) is 0 Å². The molecule has 0 spiro atoms. The van der Waals surface area contributed by atoms with Gasteiger partial charge in [-0.2, -0.15) is 0 Å². The van der Waals surface area contributed by atoms with Crippen molar-refractivity contribution in [3.8, 4) is 0 Å². The maximum Gasteiger partial charge on any atom is 0.124 e. The highest BCUT2D eigenvalue weighted by Gasteiger charge is 2.16. The predicted molar refractivity (Wildman–Crippen MR) is 86.3 cm³/mol. The zero-order valence-corrected chi connectivity index (χ0v) is 12.9. The van der Waals surface area contributed by atoms with Gasteiger partial charge in [0.25, 0.3) is 0 Å². The summed E-state index contributed by atoms with van der Waals surface area (Å²) >= 11 is 1.58. The summed E-state index contributed by atoms with van der Waals surface area (Å²) in [4.78, 5) is 3.16. The maximum absolute atomic E-state index is 10.4. The van der Waals surface area contributed by atoms with Crippen LogP contribution in [0.2, 0.25) is 0 Å². The summed E-state index contributed by atoms with van der Waals surface area (Å²) in [5.74, 6) is 0. The van der Waals surface area contributed by atoms with Gasteiger partial charge in [0.2, 0.25) is 0 Å². The van der Waals surface area contributed by atoms with Gasteiger partial charge in [-0.25, -0.2) is 0 Å². The molecule has 1 aromatic carbocycles. The molecule has 1 N–H and O–H groups in total. The molecule has 0 aliphatic heterocycles. The predicted octanol–water partition coefficient (Wildman–Crippen LogP) is 3.47. The lowest BCUT2D eigenvalue weighted by Gasteiger charge is -2.24. The summed E-state index contributed by atoms with van der Waals surface area (Å²) in [6, 6.07) is 16.0. The minimum atomic E-state index is -0.490. The van der Waals surface area contributed by atoms with Gasteiger partial charge in [0.15, 0.2) is 0 Å². The van der Waals surface area contributed by atoms with Crippen molar-refractivity contribution in [3.05, 3.63) is 76.3 Å². The first kappa shape index (κ1) is 15.0. The molecule has 3 aromatic rings. The second-order valence-corrected chi connectivity index (χ2v) is 6.16. The molecule has 0 fully saturated rings. The molecule has 0 radical (unpaired) electrons. The van der Waals surface area contributed by atoms with Crippen LogP contribution in [0.25, 0.3) is 0 Å². The Hall–Kier alpha value is -1.95. The number of aliphatic hydroxyl groups is 1. The first-order valence-corrected chi connectivity index (χ1v) is 8.06. The molecular weight excluding hydrogens is 296 g/mol. The van der Waals surface area contributed by atoms with E-state index in [0.29, 0.717) is 13.1 Å². The normalized spacial score (nSPS) is 12.6. The Balaban J connectivity index is 1.70. The molecule has 114 valence electrons. The van der Waals surface area contributed by atoms with E-state index in [1.54, 1.807) is 17.6 Å². The average molecular weight is 314 g/mol. The largest absolute Gasteiger partial charge is 0.386 e. The number of aliphatic hydroxyl groups excluding tert-OH is 1. The lowest BCUT2D eigenvalue weighted by molar-refractivity contribution is 0.106. The first-order valence-electron chi connectivity index (χ1n) is 7.18. The number of benzene rings is 1. The fourth-order valence-corrected chi connectivity index (χ4v) is 3.09. The zero-order valence-electron chi connectivity index (χ0n) is 12.1. The first-order chi connectivity index (χ1) is 10.8. The third-order valence-corrected chi connectivity index (χ3v) is 4.40. The second kappa shape index (κ2) is 7.35. The van der Waals surface area contributed by atoms with Crippen molar-refractivity contribution in [2.24, 2.45) is 0 Å². The Bertz CT molecular complexity index is 653. The molecule has 0 saturated carbocycles. The summed E-state index contributed by atoms with van der Waals surface area (Å²) in [7, 11) is 0. The quantitative estimate of drug-likeness (QED) is 0.725. The van der Waals surface area contributed by atoms with Crippen LogP contribution in [0.1, 0.15) is 22.2 Å². The Morgan fingerprint density at radius 2 is 1.95 bits per heavy atom. The fourth-order valence-electron chi connectivity index (χ4n) is 2.39. The number of nitrogens with zero attached hydrogens (tertiary/aromatic N) is 2. The van der Waals surface area contributed by atoms with Crippen LogP contribution < -0.4 is 0 Å². The zero-order chi connectivity index (χ0) is 15.2. The Morgan fingerprint density at radius 3 is 2.64 bits per heavy atom. The highest BCUT2D eigenvalue weighted by atomic mass is 32.1. The van der Waals surface area contributed by atoms with E-state index in [1.807, 2.05) is 41.8 Å². The topological polar surface area (TPSA) is 49.5 Å². The molecule has 2 heterocycles. The van der Waals surface area contributed by atoms with E-state index in [4.69, 9.17) is 4.52 Å². The Kier molecular flexibility index (Phi) is 5.00. The third-order valence-electron chi connectivity index (χ3n) is 3.43. The van der Waals surface area contributed by atoms with Gasteiger partial charge in [-0.15, -0.1) is 11.3 Å². The lowest BCUT2D eigenvalue weighted by atomic mass is 10.2. The number of hydrogen-bond acceptors (Lipinski definition) is 5. The number of thiophene rings is 1. The molecule has 0 aliphatic carbocycles. The molecule has 3 rings (SSSR count). The number of aromatic nitrogens is 1. The smallest absolute Gasteiger partial charge is 0.124 e. The van der Waals surface area contributed by atoms with Crippen molar-refractivity contribution in [1.82, 2.24) is 10.1 Å². The van der Waals surface area contributed by atoms with Crippen LogP contribution in [0.5, 0.6) is 0 Å². The minimum Gasteiger partial charge on any atom is -0.386 e. The van der Waals surface area contributed by atoms with Crippen molar-refractivity contribution >= 4 is 11.3 Å². The molecule has 4 nitrogen and oxygen atoms in total. The van der Waals surface area contributed by atoms with E-state index in [-0.39, 0.29) is 0 Å². The Morgan fingerprint density at radius 1 is 1.09 bits per heavy atom. The summed E-state index contributed by atoms with van der Waals surface area (Å²) in [5, 5.41) is 16.4. The average Bonchev–Trinajstić information content (AvgIpc) is 3.21. The molecular formula is C17H18N2O2S. The van der Waals surface area contributed by atoms with Crippen LogP contribution in [-0.4, -0.2) is 21.7 Å². The van der Waals surface area contributed by atoms with Crippen LogP contribution in [0.3, 0.4) is 0 Å². The fraction of sp³-hybridized carbons (Fsp3) is 0.235. The van der Waals surface area contributed by atoms with Crippen molar-refractivity contribution in [2.75, 3.05) is 6.54 Å². The van der Waals surface area contributed by atoms with E-state index in [9.17, 15) is 5.11 Å². The van der Waals surface area contributed by atoms with E-state index in [0.717, 1.165) is 17.1 Å². The summed E-state index contributed by atoms with van der Waals surface area (Å²) in [5.41, 5.74) is 2.08. The molecule has 0 amide bonds. The van der Waals surface area contributed by atoms with Gasteiger partial charge in [-0.05, 0) is 17.0 Å². The van der Waals surface area contributed by atoms with Crippen LogP contribution in [0.4, 0.5) is 0 Å². The number of hydrogen-bond donors (Lipinski definition) is 1. The van der Waals surface area contributed by atoms with E-state index in [2.05, 4.69) is 22.2 Å². The van der Waals surface area contributed by atoms with Crippen molar-refractivity contribution in [1.29, 1.82) is 0 Å². The Labute approximate surface area is 133 Å². The van der Waals surface area contributed by atoms with Crippen LogP contribution in [-0.2, 0) is 13.1 Å². The highest BCUT2D eigenvalue weighted by Crippen LogP contribution is 2.21. The minimum absolute atomic E-state index is 0.490. The van der Waals surface area contributed by atoms with Gasteiger partial charge in [0, 0.05) is 30.6 Å². The van der Waals surface area contributed by atoms with Crippen LogP contribution in [0.15, 0.2) is 64.7 Å². The summed E-state index contributed by atoms with van der Waals surface area (Å²) in [6.07, 6.45) is 1.08. The summed E-state index contributed by atoms with van der Waals surface area (Å²) < 4.78 is 4.91. The van der Waals surface area contributed by atoms with E-state index >= 15 is 0 Å². The molecule has 2 aromatic heterocycles. The molecule has 5 heteroatoms. The van der Waals surface area contributed by atoms with Gasteiger partial charge < -0.3 is 9.63 Å².